The SMILES string of the molecule is CC=C(c1ccccc1)N1CCOCC1. The van der Waals surface area contributed by atoms with Crippen LogP contribution in [-0.2, 0) is 4.74 Å². The van der Waals surface area contributed by atoms with Gasteiger partial charge in [0.1, 0.15) is 0 Å². The molecule has 0 bridgehead atoms. The van der Waals surface area contributed by atoms with E-state index >= 15 is 0 Å². The van der Waals surface area contributed by atoms with E-state index in [0.29, 0.717) is 0 Å². The minimum absolute atomic E-state index is 0.837. The minimum Gasteiger partial charge on any atom is -0.378 e. The van der Waals surface area contributed by atoms with E-state index in [1.54, 1.807) is 0 Å². The smallest absolute Gasteiger partial charge is 0.0642 e. The Bertz CT molecular complexity index is 326. The molecule has 1 aliphatic heterocycles. The molecule has 1 heterocycles. The zero-order valence-electron chi connectivity index (χ0n) is 9.15. The van der Waals surface area contributed by atoms with E-state index in [0.717, 1.165) is 26.3 Å². The van der Waals surface area contributed by atoms with Crippen molar-refractivity contribution < 1.29 is 4.74 Å². The second-order valence-electron chi connectivity index (χ2n) is 3.64. The fourth-order valence-corrected chi connectivity index (χ4v) is 1.94. The molecule has 1 fully saturated rings. The standard InChI is InChI=1S/C13H17NO/c1-2-13(12-6-4-3-5-7-12)14-8-10-15-11-9-14/h2-7H,8-11H2,1H3. The van der Waals surface area contributed by atoms with Crippen LogP contribution in [0.1, 0.15) is 12.5 Å². The van der Waals surface area contributed by atoms with Crippen molar-refractivity contribution in [2.24, 2.45) is 0 Å². The highest BCUT2D eigenvalue weighted by Gasteiger charge is 2.13. The second-order valence-corrected chi connectivity index (χ2v) is 3.64. The topological polar surface area (TPSA) is 12.5 Å². The largest absolute Gasteiger partial charge is 0.378 e. The van der Waals surface area contributed by atoms with Crippen molar-refractivity contribution >= 4 is 5.70 Å². The Hall–Kier alpha value is -1.28. The first-order valence-corrected chi connectivity index (χ1v) is 5.46. The fraction of sp³-hybridized carbons (Fsp3) is 0.385. The quantitative estimate of drug-likeness (QED) is 0.731. The second kappa shape index (κ2) is 4.99. The Labute approximate surface area is 91.2 Å². The molecular weight excluding hydrogens is 186 g/mol. The Kier molecular flexibility index (Phi) is 3.41. The molecule has 15 heavy (non-hydrogen) atoms. The lowest BCUT2D eigenvalue weighted by atomic mass is 10.1. The highest BCUT2D eigenvalue weighted by atomic mass is 16.5. The fourth-order valence-electron chi connectivity index (χ4n) is 1.94. The van der Waals surface area contributed by atoms with E-state index in [2.05, 4.69) is 48.2 Å². The minimum atomic E-state index is 0.837. The van der Waals surface area contributed by atoms with Gasteiger partial charge in [0.25, 0.3) is 0 Å². The van der Waals surface area contributed by atoms with Gasteiger partial charge in [-0.25, -0.2) is 0 Å². The van der Waals surface area contributed by atoms with Gasteiger partial charge < -0.3 is 9.64 Å². The average molecular weight is 203 g/mol. The highest BCUT2D eigenvalue weighted by molar-refractivity contribution is 5.63. The third-order valence-corrected chi connectivity index (χ3v) is 2.69. The normalized spacial score (nSPS) is 17.9. The van der Waals surface area contributed by atoms with Crippen molar-refractivity contribution in [3.05, 3.63) is 42.0 Å². The van der Waals surface area contributed by atoms with Crippen molar-refractivity contribution in [2.75, 3.05) is 26.3 Å². The molecule has 2 nitrogen and oxygen atoms in total. The van der Waals surface area contributed by atoms with Crippen LogP contribution in [0.2, 0.25) is 0 Å². The Balaban J connectivity index is 2.17. The van der Waals surface area contributed by atoms with Crippen LogP contribution >= 0.6 is 0 Å². The van der Waals surface area contributed by atoms with Crippen LogP contribution in [-0.4, -0.2) is 31.2 Å². The van der Waals surface area contributed by atoms with E-state index < -0.39 is 0 Å². The van der Waals surface area contributed by atoms with Crippen LogP contribution in [0.15, 0.2) is 36.4 Å². The number of nitrogens with zero attached hydrogens (tertiary/aromatic N) is 1. The number of hydrogen-bond acceptors (Lipinski definition) is 2. The summed E-state index contributed by atoms with van der Waals surface area (Å²) in [6.07, 6.45) is 2.18. The Morgan fingerprint density at radius 2 is 1.87 bits per heavy atom. The van der Waals surface area contributed by atoms with Gasteiger partial charge in [0, 0.05) is 18.8 Å². The molecule has 0 spiro atoms. The van der Waals surface area contributed by atoms with Crippen molar-refractivity contribution in [3.63, 3.8) is 0 Å². The molecule has 2 rings (SSSR count). The molecule has 1 saturated heterocycles. The summed E-state index contributed by atoms with van der Waals surface area (Å²) in [5.41, 5.74) is 2.61. The zero-order valence-corrected chi connectivity index (χ0v) is 9.15. The number of rotatable bonds is 2. The molecule has 0 aromatic heterocycles. The van der Waals surface area contributed by atoms with Gasteiger partial charge in [-0.1, -0.05) is 36.4 Å². The van der Waals surface area contributed by atoms with Gasteiger partial charge in [0.2, 0.25) is 0 Å². The lowest BCUT2D eigenvalue weighted by Crippen LogP contribution is -2.34. The van der Waals surface area contributed by atoms with Crippen LogP contribution < -0.4 is 0 Å². The maximum absolute atomic E-state index is 5.36. The summed E-state index contributed by atoms with van der Waals surface area (Å²) in [5, 5.41) is 0. The highest BCUT2D eigenvalue weighted by Crippen LogP contribution is 2.19. The zero-order chi connectivity index (χ0) is 10.5. The summed E-state index contributed by atoms with van der Waals surface area (Å²) in [6, 6.07) is 10.5. The summed E-state index contributed by atoms with van der Waals surface area (Å²) in [4.78, 5) is 2.39. The van der Waals surface area contributed by atoms with Gasteiger partial charge in [-0.15, -0.1) is 0 Å². The van der Waals surface area contributed by atoms with Crippen LogP contribution in [0.4, 0.5) is 0 Å². The first kappa shape index (κ1) is 10.2. The van der Waals surface area contributed by atoms with Gasteiger partial charge in [-0.3, -0.25) is 0 Å². The molecule has 0 amide bonds. The molecule has 0 N–H and O–H groups in total. The lowest BCUT2D eigenvalue weighted by molar-refractivity contribution is 0.0639. The molecule has 1 aliphatic rings. The summed E-state index contributed by atoms with van der Waals surface area (Å²) < 4.78 is 5.36. The molecule has 0 unspecified atom stereocenters. The molecule has 0 radical (unpaired) electrons. The predicted octanol–water partition coefficient (Wildman–Crippen LogP) is 2.38. The van der Waals surface area contributed by atoms with Crippen molar-refractivity contribution in [2.45, 2.75) is 6.92 Å². The molecule has 80 valence electrons. The molecule has 2 heteroatoms. The molecule has 0 atom stereocenters. The van der Waals surface area contributed by atoms with Gasteiger partial charge in [0.05, 0.1) is 13.2 Å². The number of benzene rings is 1. The maximum Gasteiger partial charge on any atom is 0.0642 e. The monoisotopic (exact) mass is 203 g/mol. The molecule has 0 saturated carbocycles. The van der Waals surface area contributed by atoms with E-state index in [1.807, 2.05) is 0 Å². The van der Waals surface area contributed by atoms with Crippen molar-refractivity contribution in [1.82, 2.24) is 4.90 Å². The van der Waals surface area contributed by atoms with Gasteiger partial charge >= 0.3 is 0 Å². The van der Waals surface area contributed by atoms with Crippen LogP contribution in [0, 0.1) is 0 Å². The molecule has 1 aromatic rings. The lowest BCUT2D eigenvalue weighted by Gasteiger charge is -2.31. The summed E-state index contributed by atoms with van der Waals surface area (Å²) in [7, 11) is 0. The Morgan fingerprint density at radius 1 is 1.20 bits per heavy atom. The Morgan fingerprint density at radius 3 is 2.47 bits per heavy atom. The van der Waals surface area contributed by atoms with Crippen molar-refractivity contribution in [1.29, 1.82) is 0 Å². The number of allylic oxidation sites excluding steroid dienone is 1. The predicted molar refractivity (Wildman–Crippen MR) is 62.5 cm³/mol. The van der Waals surface area contributed by atoms with Crippen LogP contribution in [0.5, 0.6) is 0 Å². The molecular formula is C13H17NO. The van der Waals surface area contributed by atoms with Gasteiger partial charge in [-0.2, -0.15) is 0 Å². The third kappa shape index (κ3) is 2.39. The summed E-state index contributed by atoms with van der Waals surface area (Å²) in [5.74, 6) is 0. The van der Waals surface area contributed by atoms with E-state index in [-0.39, 0.29) is 0 Å². The number of hydrogen-bond donors (Lipinski definition) is 0. The average Bonchev–Trinajstić information content (AvgIpc) is 2.33. The summed E-state index contributed by atoms with van der Waals surface area (Å²) >= 11 is 0. The van der Waals surface area contributed by atoms with Gasteiger partial charge in [0.15, 0.2) is 0 Å². The van der Waals surface area contributed by atoms with Gasteiger partial charge in [-0.05, 0) is 12.5 Å². The van der Waals surface area contributed by atoms with E-state index in [4.69, 9.17) is 4.74 Å². The maximum atomic E-state index is 5.36. The van der Waals surface area contributed by atoms with Crippen molar-refractivity contribution in [3.8, 4) is 0 Å². The van der Waals surface area contributed by atoms with E-state index in [1.165, 1.54) is 11.3 Å². The number of ether oxygens (including phenoxy) is 1. The van der Waals surface area contributed by atoms with E-state index in [9.17, 15) is 0 Å². The third-order valence-electron chi connectivity index (χ3n) is 2.69. The first-order valence-electron chi connectivity index (χ1n) is 5.46. The molecule has 0 aliphatic carbocycles. The van der Waals surface area contributed by atoms with Crippen LogP contribution in [0.25, 0.3) is 5.70 Å². The van der Waals surface area contributed by atoms with Crippen LogP contribution in [0.3, 0.4) is 0 Å². The first-order chi connectivity index (χ1) is 7.42. The number of morpholine rings is 1. The summed E-state index contributed by atoms with van der Waals surface area (Å²) in [6.45, 7) is 5.76. The molecule has 1 aromatic carbocycles.